The van der Waals surface area contributed by atoms with E-state index in [4.69, 9.17) is 21.1 Å². The molecule has 1 heterocycles. The first-order valence-electron chi connectivity index (χ1n) is 7.77. The number of hydrazone groups is 1. The third-order valence-electron chi connectivity index (χ3n) is 3.62. The van der Waals surface area contributed by atoms with Crippen molar-refractivity contribution in [1.82, 2.24) is 0 Å². The van der Waals surface area contributed by atoms with Crippen LogP contribution in [0.4, 0.5) is 11.4 Å². The zero-order valence-electron chi connectivity index (χ0n) is 14.4. The third-order valence-corrected chi connectivity index (χ3v) is 3.86. The van der Waals surface area contributed by atoms with Crippen LogP contribution < -0.4 is 19.7 Å². The average molecular weight is 394 g/mol. The maximum atomic E-state index is 11.4. The van der Waals surface area contributed by atoms with Gasteiger partial charge in [0.1, 0.15) is 22.9 Å². The van der Waals surface area contributed by atoms with E-state index in [0.717, 1.165) is 0 Å². The van der Waals surface area contributed by atoms with Gasteiger partial charge in [-0.25, -0.2) is 4.79 Å². The van der Waals surface area contributed by atoms with Crippen LogP contribution in [-0.2, 0) is 9.53 Å². The van der Waals surface area contributed by atoms with Gasteiger partial charge in [-0.15, -0.1) is 5.17 Å². The molecule has 1 atom stereocenters. The highest BCUT2D eigenvalue weighted by atomic mass is 35.5. The van der Waals surface area contributed by atoms with Crippen LogP contribution in [0.2, 0.25) is 5.02 Å². The van der Waals surface area contributed by atoms with Gasteiger partial charge in [-0.05, 0) is 49.4 Å². The van der Waals surface area contributed by atoms with Crippen molar-refractivity contribution in [1.29, 1.82) is 0 Å². The molecule has 27 heavy (non-hydrogen) atoms. The number of benzene rings is 2. The SMILES string of the molecule is COC(=O)C(C)Oc1ccc(OC2=NN(O)c3cc(Cl)ccc3N2O)cc1. The number of carbonyl (C=O) groups is 1. The lowest BCUT2D eigenvalue weighted by Gasteiger charge is -2.28. The van der Waals surface area contributed by atoms with Gasteiger partial charge < -0.3 is 14.2 Å². The number of halogens is 1. The minimum atomic E-state index is -0.760. The number of nitrogens with zero attached hydrogens (tertiary/aromatic N) is 3. The molecule has 0 fully saturated rings. The normalized spacial score (nSPS) is 14.2. The van der Waals surface area contributed by atoms with Crippen molar-refractivity contribution in [2.45, 2.75) is 13.0 Å². The fourth-order valence-electron chi connectivity index (χ4n) is 2.29. The van der Waals surface area contributed by atoms with E-state index in [2.05, 4.69) is 9.84 Å². The van der Waals surface area contributed by atoms with E-state index in [1.54, 1.807) is 37.3 Å². The van der Waals surface area contributed by atoms with Gasteiger partial charge in [-0.3, -0.25) is 10.4 Å². The van der Waals surface area contributed by atoms with Gasteiger partial charge in [0.25, 0.3) is 0 Å². The number of ether oxygens (including phenoxy) is 3. The summed E-state index contributed by atoms with van der Waals surface area (Å²) in [5.74, 6) is 0.247. The minimum Gasteiger partial charge on any atom is -0.479 e. The van der Waals surface area contributed by atoms with Crippen LogP contribution >= 0.6 is 11.6 Å². The number of methoxy groups -OCH3 is 1. The van der Waals surface area contributed by atoms with Crippen LogP contribution in [-0.4, -0.2) is 35.6 Å². The molecule has 2 aromatic carbocycles. The number of hydrogen-bond donors (Lipinski definition) is 2. The maximum Gasteiger partial charge on any atom is 0.346 e. The van der Waals surface area contributed by atoms with Gasteiger partial charge in [0.15, 0.2) is 6.10 Å². The second kappa shape index (κ2) is 7.70. The second-order valence-corrected chi connectivity index (χ2v) is 5.91. The summed E-state index contributed by atoms with van der Waals surface area (Å²) in [5.41, 5.74) is 0.427. The lowest BCUT2D eigenvalue weighted by atomic mass is 10.2. The van der Waals surface area contributed by atoms with Gasteiger partial charge in [-0.1, -0.05) is 16.7 Å². The van der Waals surface area contributed by atoms with Gasteiger partial charge in [0, 0.05) is 5.02 Å². The molecule has 2 N–H and O–H groups in total. The molecule has 0 bridgehead atoms. The van der Waals surface area contributed by atoms with Crippen molar-refractivity contribution >= 4 is 35.0 Å². The molecule has 142 valence electrons. The summed E-state index contributed by atoms with van der Waals surface area (Å²) >= 11 is 5.88. The van der Waals surface area contributed by atoms with E-state index in [9.17, 15) is 15.2 Å². The molecule has 9 nitrogen and oxygen atoms in total. The van der Waals surface area contributed by atoms with Crippen molar-refractivity contribution < 1.29 is 29.4 Å². The highest BCUT2D eigenvalue weighted by molar-refractivity contribution is 6.31. The summed E-state index contributed by atoms with van der Waals surface area (Å²) < 4.78 is 15.5. The Morgan fingerprint density at radius 2 is 1.78 bits per heavy atom. The number of fused-ring (bicyclic) bond motifs is 1. The molecule has 0 saturated carbocycles. The molecular formula is C17H16ClN3O6. The van der Waals surface area contributed by atoms with Gasteiger partial charge in [0.05, 0.1) is 7.11 Å². The Morgan fingerprint density at radius 1 is 1.11 bits per heavy atom. The van der Waals surface area contributed by atoms with Crippen LogP contribution in [0.5, 0.6) is 11.5 Å². The first-order chi connectivity index (χ1) is 12.9. The van der Waals surface area contributed by atoms with Crippen molar-refractivity contribution in [3.63, 3.8) is 0 Å². The maximum absolute atomic E-state index is 11.4. The molecule has 2 aromatic rings. The second-order valence-electron chi connectivity index (χ2n) is 5.47. The average Bonchev–Trinajstić information content (AvgIpc) is 2.66. The molecular weight excluding hydrogens is 378 g/mol. The molecule has 0 spiro atoms. The molecule has 1 unspecified atom stereocenters. The molecule has 1 aliphatic heterocycles. The molecule has 3 rings (SSSR count). The van der Waals surface area contributed by atoms with Crippen LogP contribution in [0.1, 0.15) is 6.92 Å². The molecule has 0 radical (unpaired) electrons. The summed E-state index contributed by atoms with van der Waals surface area (Å²) in [7, 11) is 1.28. The number of rotatable bonds is 4. The highest BCUT2D eigenvalue weighted by Gasteiger charge is 2.27. The first-order valence-corrected chi connectivity index (χ1v) is 8.15. The Labute approximate surface area is 159 Å². The summed E-state index contributed by atoms with van der Waals surface area (Å²) in [5, 5.41) is 25.6. The molecule has 0 saturated heterocycles. The largest absolute Gasteiger partial charge is 0.479 e. The number of esters is 1. The fourth-order valence-corrected chi connectivity index (χ4v) is 2.46. The molecule has 0 aliphatic carbocycles. The Hall–Kier alpha value is -3.01. The topological polar surface area (TPSA) is 104 Å². The summed E-state index contributed by atoms with van der Waals surface area (Å²) in [6.07, 6.45) is -0.760. The minimum absolute atomic E-state index is 0.192. The Morgan fingerprint density at radius 3 is 2.44 bits per heavy atom. The smallest absolute Gasteiger partial charge is 0.346 e. The quantitative estimate of drug-likeness (QED) is 0.764. The summed E-state index contributed by atoms with van der Waals surface area (Å²) in [6.45, 7) is 1.57. The van der Waals surface area contributed by atoms with Crippen molar-refractivity contribution in [2.75, 3.05) is 17.3 Å². The molecule has 0 amide bonds. The van der Waals surface area contributed by atoms with Gasteiger partial charge >= 0.3 is 12.0 Å². The molecule has 0 aromatic heterocycles. The predicted molar refractivity (Wildman–Crippen MR) is 96.6 cm³/mol. The van der Waals surface area contributed by atoms with E-state index in [1.165, 1.54) is 19.2 Å². The number of carbonyl (C=O) groups excluding carboxylic acids is 1. The van der Waals surface area contributed by atoms with Crippen LogP contribution in [0.3, 0.4) is 0 Å². The number of amidine groups is 1. The third kappa shape index (κ3) is 4.05. The Bertz CT molecular complexity index is 873. The first kappa shape index (κ1) is 18.8. The fraction of sp³-hybridized carbons (Fsp3) is 0.176. The van der Waals surface area contributed by atoms with E-state index in [-0.39, 0.29) is 17.4 Å². The van der Waals surface area contributed by atoms with Crippen molar-refractivity contribution in [3.05, 3.63) is 47.5 Å². The Kier molecular flexibility index (Phi) is 5.36. The lowest BCUT2D eigenvalue weighted by Crippen LogP contribution is -2.38. The molecule has 10 heteroatoms. The monoisotopic (exact) mass is 393 g/mol. The number of hydroxylamine groups is 1. The van der Waals surface area contributed by atoms with E-state index in [0.29, 0.717) is 26.8 Å². The number of anilines is 2. The van der Waals surface area contributed by atoms with Gasteiger partial charge in [-0.2, -0.15) is 5.06 Å². The number of hydrogen-bond acceptors (Lipinski definition) is 9. The van der Waals surface area contributed by atoms with Crippen LogP contribution in [0.15, 0.2) is 47.6 Å². The van der Waals surface area contributed by atoms with Crippen LogP contribution in [0, 0.1) is 0 Å². The summed E-state index contributed by atoms with van der Waals surface area (Å²) in [4.78, 5) is 11.4. The Balaban J connectivity index is 1.72. The highest BCUT2D eigenvalue weighted by Crippen LogP contribution is 2.34. The van der Waals surface area contributed by atoms with E-state index >= 15 is 0 Å². The van der Waals surface area contributed by atoms with Gasteiger partial charge in [0.2, 0.25) is 0 Å². The zero-order valence-corrected chi connectivity index (χ0v) is 15.1. The van der Waals surface area contributed by atoms with E-state index < -0.39 is 12.1 Å². The van der Waals surface area contributed by atoms with Crippen LogP contribution in [0.25, 0.3) is 0 Å². The standard InChI is InChI=1S/C17H16ClN3O6/c1-10(16(22)25-2)26-12-4-6-13(7-5-12)27-17-19-21(24)15-9-11(18)3-8-14(15)20(17)23/h3-10,23-24H,1-2H3. The molecule has 1 aliphatic rings. The van der Waals surface area contributed by atoms with Crippen molar-refractivity contribution in [3.8, 4) is 11.5 Å². The van der Waals surface area contributed by atoms with Crippen molar-refractivity contribution in [2.24, 2.45) is 5.10 Å². The lowest BCUT2D eigenvalue weighted by molar-refractivity contribution is -0.147. The zero-order chi connectivity index (χ0) is 19.6. The predicted octanol–water partition coefficient (Wildman–Crippen LogP) is 3.04. The van der Waals surface area contributed by atoms with E-state index in [1.807, 2.05) is 0 Å². The summed E-state index contributed by atoms with van der Waals surface area (Å²) in [6, 6.07) is 10.5.